The summed E-state index contributed by atoms with van der Waals surface area (Å²) in [5.41, 5.74) is 3.28. The lowest BCUT2D eigenvalue weighted by molar-refractivity contribution is -0.332. The van der Waals surface area contributed by atoms with Crippen molar-refractivity contribution < 1.29 is 73.8 Å². The fourth-order valence-corrected chi connectivity index (χ4v) is 7.54. The van der Waals surface area contributed by atoms with Crippen molar-refractivity contribution in [2.24, 2.45) is 0 Å². The van der Waals surface area contributed by atoms with E-state index in [1.54, 1.807) is 0 Å². The number of aliphatic hydroxyl groups excluding tert-OH is 7. The van der Waals surface area contributed by atoms with E-state index in [0.717, 1.165) is 77.0 Å². The van der Waals surface area contributed by atoms with Crippen molar-refractivity contribution in [2.75, 3.05) is 26.4 Å². The Labute approximate surface area is 383 Å². The molecule has 2 aliphatic heterocycles. The Bertz CT molecular complexity index is 1270. The van der Waals surface area contributed by atoms with Gasteiger partial charge in [-0.2, -0.15) is 0 Å². The van der Waals surface area contributed by atoms with E-state index in [2.05, 4.69) is 43.9 Å². The summed E-state index contributed by atoms with van der Waals surface area (Å²) in [5, 5.41) is 72.0. The summed E-state index contributed by atoms with van der Waals surface area (Å²) in [5.74, 6) is -0.956. The molecule has 0 bridgehead atoms. The summed E-state index contributed by atoms with van der Waals surface area (Å²) in [6, 6.07) is 0. The lowest BCUT2D eigenvalue weighted by Crippen LogP contribution is -2.61. The SMILES string of the molecule is CCCCCC/C=C/CCCCCCCC(=O)O[C@H](COC(=O)CCCCCCCC=C=CCCCCCCC)CO[C@@H]1O[C@H](CO[C@@H]2O[C@H](CO)[C@H](O)C(O)C2O)[C@H](O)C(O)C1O. The predicted octanol–water partition coefficient (Wildman–Crippen LogP) is 6.14. The number of esters is 2. The third-order valence-electron chi connectivity index (χ3n) is 11.7. The van der Waals surface area contributed by atoms with Gasteiger partial charge in [-0.15, -0.1) is 5.73 Å². The first-order valence-corrected chi connectivity index (χ1v) is 24.7. The van der Waals surface area contributed by atoms with Gasteiger partial charge in [-0.25, -0.2) is 0 Å². The topological polar surface area (TPSA) is 231 Å². The van der Waals surface area contributed by atoms with Crippen LogP contribution in [0.25, 0.3) is 0 Å². The zero-order valence-corrected chi connectivity index (χ0v) is 39.1. The van der Waals surface area contributed by atoms with Crippen molar-refractivity contribution in [3.8, 4) is 0 Å². The van der Waals surface area contributed by atoms with Crippen molar-refractivity contribution >= 4 is 11.9 Å². The first kappa shape index (κ1) is 57.9. The smallest absolute Gasteiger partial charge is 0.306 e. The number of hydrogen-bond acceptors (Lipinski definition) is 15. The van der Waals surface area contributed by atoms with Gasteiger partial charge in [0.25, 0.3) is 0 Å². The van der Waals surface area contributed by atoms with E-state index in [9.17, 15) is 45.3 Å². The van der Waals surface area contributed by atoms with Crippen molar-refractivity contribution in [3.63, 3.8) is 0 Å². The predicted molar refractivity (Wildman–Crippen MR) is 242 cm³/mol. The zero-order chi connectivity index (χ0) is 46.8. The van der Waals surface area contributed by atoms with Crippen LogP contribution in [0.3, 0.4) is 0 Å². The second-order valence-electron chi connectivity index (χ2n) is 17.4. The molecule has 0 radical (unpaired) electrons. The molecule has 15 nitrogen and oxygen atoms in total. The highest BCUT2D eigenvalue weighted by atomic mass is 16.7. The Morgan fingerprint density at radius 3 is 1.55 bits per heavy atom. The minimum absolute atomic E-state index is 0.151. The Hall–Kier alpha value is -2.24. The van der Waals surface area contributed by atoms with Gasteiger partial charge in [-0.3, -0.25) is 9.59 Å². The van der Waals surface area contributed by atoms with Crippen molar-refractivity contribution in [1.29, 1.82) is 0 Å². The number of carbonyl (C=O) groups is 2. The first-order chi connectivity index (χ1) is 31.0. The molecular weight excluding hydrogens is 829 g/mol. The van der Waals surface area contributed by atoms with Gasteiger partial charge in [0.15, 0.2) is 18.7 Å². The summed E-state index contributed by atoms with van der Waals surface area (Å²) in [4.78, 5) is 25.7. The molecule has 0 saturated carbocycles. The van der Waals surface area contributed by atoms with E-state index < -0.39 is 99.3 Å². The maximum Gasteiger partial charge on any atom is 0.306 e. The highest BCUT2D eigenvalue weighted by Gasteiger charge is 2.47. The van der Waals surface area contributed by atoms with Gasteiger partial charge < -0.3 is 64.2 Å². The summed E-state index contributed by atoms with van der Waals surface area (Å²) in [6.45, 7) is 2.52. The number of ether oxygens (including phenoxy) is 6. The van der Waals surface area contributed by atoms with Crippen molar-refractivity contribution in [3.05, 3.63) is 30.0 Å². The molecule has 2 saturated heterocycles. The van der Waals surface area contributed by atoms with Crippen LogP contribution in [0.2, 0.25) is 0 Å². The number of allylic oxidation sites excluding steroid dienone is 3. The fraction of sp³-hybridized carbons (Fsp3) is 0.857. The van der Waals surface area contributed by atoms with E-state index in [4.69, 9.17) is 28.4 Å². The van der Waals surface area contributed by atoms with Crippen LogP contribution in [0.1, 0.15) is 174 Å². The molecule has 4 unspecified atom stereocenters. The molecule has 2 rings (SSSR count). The molecule has 7 N–H and O–H groups in total. The molecule has 15 heteroatoms. The molecule has 2 aliphatic rings. The summed E-state index contributed by atoms with van der Waals surface area (Å²) < 4.78 is 33.5. The van der Waals surface area contributed by atoms with Gasteiger partial charge in [0, 0.05) is 12.8 Å². The maximum absolute atomic E-state index is 13.0. The van der Waals surface area contributed by atoms with E-state index >= 15 is 0 Å². The van der Waals surface area contributed by atoms with Crippen LogP contribution in [-0.2, 0) is 38.0 Å². The number of rotatable bonds is 37. The molecule has 0 aliphatic carbocycles. The highest BCUT2D eigenvalue weighted by Crippen LogP contribution is 2.26. The Morgan fingerprint density at radius 2 is 0.984 bits per heavy atom. The molecule has 0 spiro atoms. The molecule has 64 heavy (non-hydrogen) atoms. The standard InChI is InChI=1S/C49H86O15/c1-3-5-7-9-11-13-15-17-18-20-21-23-25-27-29-31-40(51)59-34-37(62-41(52)32-30-28-26-24-22-19-16-14-12-10-8-6-4-2)35-60-48-47(58)45(56)43(54)39(64-48)36-61-49-46(57)44(55)42(53)38(33-50)63-49/h14-16,18,37-39,42-50,53-58H,3-13,19-36H2,1-2H3/b16-14+/t17?,37-,38-,39-,42+,43+,44?,45?,46?,47?,48-,49-/m1/s1. The Kier molecular flexibility index (Phi) is 33.3. The fourth-order valence-electron chi connectivity index (χ4n) is 7.54. The van der Waals surface area contributed by atoms with Gasteiger partial charge in [0.05, 0.1) is 19.8 Å². The second kappa shape index (κ2) is 36.8. The third kappa shape index (κ3) is 25.0. The van der Waals surface area contributed by atoms with Crippen molar-refractivity contribution in [1.82, 2.24) is 0 Å². The van der Waals surface area contributed by atoms with E-state index in [1.165, 1.54) is 57.8 Å². The maximum atomic E-state index is 13.0. The summed E-state index contributed by atoms with van der Waals surface area (Å²) in [6.07, 6.45) is 17.0. The minimum atomic E-state index is -1.77. The van der Waals surface area contributed by atoms with Crippen LogP contribution in [0.15, 0.2) is 30.0 Å². The van der Waals surface area contributed by atoms with Gasteiger partial charge in [0.1, 0.15) is 55.4 Å². The lowest BCUT2D eigenvalue weighted by Gasteiger charge is -2.42. The van der Waals surface area contributed by atoms with Crippen LogP contribution < -0.4 is 0 Å². The largest absolute Gasteiger partial charge is 0.462 e. The molecule has 0 amide bonds. The Morgan fingerprint density at radius 1 is 0.531 bits per heavy atom. The normalized spacial score (nSPS) is 26.4. The third-order valence-corrected chi connectivity index (χ3v) is 11.7. The van der Waals surface area contributed by atoms with E-state index in [1.807, 2.05) is 0 Å². The van der Waals surface area contributed by atoms with Gasteiger partial charge >= 0.3 is 11.9 Å². The molecule has 0 aromatic carbocycles. The number of unbranched alkanes of at least 4 members (excludes halogenated alkanes) is 19. The molecule has 2 fully saturated rings. The van der Waals surface area contributed by atoms with Gasteiger partial charge in [-0.1, -0.05) is 109 Å². The quantitative estimate of drug-likeness (QED) is 0.0161. The average molecular weight is 915 g/mol. The molecule has 2 heterocycles. The van der Waals surface area contributed by atoms with E-state index in [-0.39, 0.29) is 19.4 Å². The zero-order valence-electron chi connectivity index (χ0n) is 39.1. The van der Waals surface area contributed by atoms with Crippen LogP contribution in [0.5, 0.6) is 0 Å². The summed E-state index contributed by atoms with van der Waals surface area (Å²) in [7, 11) is 0. The van der Waals surface area contributed by atoms with E-state index in [0.29, 0.717) is 12.8 Å². The first-order valence-electron chi connectivity index (χ1n) is 24.7. The van der Waals surface area contributed by atoms with Crippen LogP contribution in [-0.4, -0.2) is 142 Å². The van der Waals surface area contributed by atoms with Crippen LogP contribution in [0.4, 0.5) is 0 Å². The molecule has 0 aromatic heterocycles. The molecule has 372 valence electrons. The lowest BCUT2D eigenvalue weighted by atomic mass is 9.98. The van der Waals surface area contributed by atoms with Gasteiger partial charge in [-0.05, 0) is 76.4 Å². The molecular formula is C49H86O15. The summed E-state index contributed by atoms with van der Waals surface area (Å²) >= 11 is 0. The van der Waals surface area contributed by atoms with Crippen LogP contribution >= 0.6 is 0 Å². The molecule has 11 atom stereocenters. The monoisotopic (exact) mass is 915 g/mol. The number of hydrogen-bond donors (Lipinski definition) is 7. The van der Waals surface area contributed by atoms with Crippen molar-refractivity contribution in [2.45, 2.75) is 242 Å². The number of carbonyl (C=O) groups excluding carboxylic acids is 2. The highest BCUT2D eigenvalue weighted by molar-refractivity contribution is 5.70. The minimum Gasteiger partial charge on any atom is -0.462 e. The second-order valence-corrected chi connectivity index (χ2v) is 17.4. The average Bonchev–Trinajstić information content (AvgIpc) is 3.29. The van der Waals surface area contributed by atoms with Gasteiger partial charge in [0.2, 0.25) is 0 Å². The van der Waals surface area contributed by atoms with Crippen LogP contribution in [0, 0.1) is 0 Å². The number of aliphatic hydroxyl groups is 7. The Balaban J connectivity index is 1.84. The molecule has 0 aromatic rings.